The fourth-order valence-corrected chi connectivity index (χ4v) is 4.15. The Morgan fingerprint density at radius 1 is 0.889 bits per heavy atom. The third kappa shape index (κ3) is 4.98. The first-order chi connectivity index (χ1) is 17.2. The number of hydrogen-bond acceptors (Lipinski definition) is 3. The first-order valence-corrected chi connectivity index (χ1v) is 11.5. The first-order valence-electron chi connectivity index (χ1n) is 11.5. The van der Waals surface area contributed by atoms with Crippen LogP contribution in [0.25, 0.3) is 16.7 Å². The van der Waals surface area contributed by atoms with Gasteiger partial charge in [0.2, 0.25) is 5.82 Å². The third-order valence-electron chi connectivity index (χ3n) is 6.17. The predicted octanol–water partition coefficient (Wildman–Crippen LogP) is 7.55. The average Bonchev–Trinajstić information content (AvgIpc) is 2.87. The Morgan fingerprint density at radius 2 is 1.58 bits per heavy atom. The van der Waals surface area contributed by atoms with Crippen molar-refractivity contribution in [2.24, 2.45) is 5.92 Å². The standard InChI is InChI=1S/C28H23F5O3/c1-3-35-23-13-11-20(26(32)27(23)33)18-9-12-22(21(29)14-18)36-28(34)17-7-5-16(6-8-17)19-10-4-15(2)24(30)25(19)31/h4-5,9-14,17H,3,6-8H2,1-2H3. The molecule has 3 aromatic rings. The number of benzene rings is 3. The largest absolute Gasteiger partial charge is 0.491 e. The summed E-state index contributed by atoms with van der Waals surface area (Å²) >= 11 is 0. The zero-order chi connectivity index (χ0) is 26.0. The number of allylic oxidation sites excluding steroid dienone is 2. The number of esters is 1. The fraction of sp³-hybridized carbons (Fsp3) is 0.250. The lowest BCUT2D eigenvalue weighted by atomic mass is 9.86. The van der Waals surface area contributed by atoms with E-state index in [2.05, 4.69) is 0 Å². The minimum Gasteiger partial charge on any atom is -0.491 e. The van der Waals surface area contributed by atoms with Crippen LogP contribution in [-0.2, 0) is 4.79 Å². The maximum Gasteiger partial charge on any atom is 0.314 e. The van der Waals surface area contributed by atoms with E-state index in [9.17, 15) is 26.7 Å². The lowest BCUT2D eigenvalue weighted by Gasteiger charge is -2.21. The van der Waals surface area contributed by atoms with Gasteiger partial charge in [-0.15, -0.1) is 0 Å². The van der Waals surface area contributed by atoms with E-state index < -0.39 is 41.0 Å². The van der Waals surface area contributed by atoms with E-state index >= 15 is 0 Å². The van der Waals surface area contributed by atoms with Crippen molar-refractivity contribution >= 4 is 11.5 Å². The molecule has 0 aliphatic heterocycles. The average molecular weight is 502 g/mol. The number of ether oxygens (including phenoxy) is 2. The summed E-state index contributed by atoms with van der Waals surface area (Å²) in [5, 5.41) is 0. The first kappa shape index (κ1) is 25.4. The van der Waals surface area contributed by atoms with Gasteiger partial charge in [0, 0.05) is 11.1 Å². The number of hydrogen-bond donors (Lipinski definition) is 0. The highest BCUT2D eigenvalue weighted by molar-refractivity contribution is 5.78. The molecule has 0 amide bonds. The van der Waals surface area contributed by atoms with Crippen LogP contribution in [0.2, 0.25) is 0 Å². The van der Waals surface area contributed by atoms with Crippen LogP contribution in [0.5, 0.6) is 11.5 Å². The summed E-state index contributed by atoms with van der Waals surface area (Å²) in [6.45, 7) is 3.26. The van der Waals surface area contributed by atoms with Crippen molar-refractivity contribution in [3.63, 3.8) is 0 Å². The molecule has 0 saturated heterocycles. The Kier molecular flexibility index (Phi) is 7.43. The Morgan fingerprint density at radius 3 is 2.25 bits per heavy atom. The number of rotatable bonds is 6. The molecule has 4 rings (SSSR count). The summed E-state index contributed by atoms with van der Waals surface area (Å²) in [6, 6.07) is 8.98. The molecule has 1 aliphatic rings. The van der Waals surface area contributed by atoms with Crippen molar-refractivity contribution in [3.8, 4) is 22.6 Å². The summed E-state index contributed by atoms with van der Waals surface area (Å²) in [7, 11) is 0. The quantitative estimate of drug-likeness (QED) is 0.198. The molecule has 188 valence electrons. The number of halogens is 5. The highest BCUT2D eigenvalue weighted by Crippen LogP contribution is 2.35. The van der Waals surface area contributed by atoms with Crippen LogP contribution in [0.3, 0.4) is 0 Å². The summed E-state index contributed by atoms with van der Waals surface area (Å²) < 4.78 is 81.8. The van der Waals surface area contributed by atoms with Crippen LogP contribution in [0, 0.1) is 41.9 Å². The molecule has 8 heteroatoms. The second kappa shape index (κ2) is 10.5. The van der Waals surface area contributed by atoms with Gasteiger partial charge in [0.15, 0.2) is 34.8 Å². The van der Waals surface area contributed by atoms with E-state index in [1.54, 1.807) is 13.0 Å². The van der Waals surface area contributed by atoms with Gasteiger partial charge in [-0.3, -0.25) is 4.79 Å². The summed E-state index contributed by atoms with van der Waals surface area (Å²) in [5.74, 6) is -6.96. The van der Waals surface area contributed by atoms with E-state index in [0.29, 0.717) is 18.4 Å². The van der Waals surface area contributed by atoms with Crippen molar-refractivity contribution in [2.45, 2.75) is 33.1 Å². The van der Waals surface area contributed by atoms with Gasteiger partial charge in [0.05, 0.1) is 12.5 Å². The van der Waals surface area contributed by atoms with Gasteiger partial charge >= 0.3 is 5.97 Å². The molecule has 3 nitrogen and oxygen atoms in total. The van der Waals surface area contributed by atoms with Crippen molar-refractivity contribution in [3.05, 3.63) is 88.8 Å². The SMILES string of the molecule is CCOc1ccc(-c2ccc(OC(=O)C3CC=C(c4ccc(C)c(F)c4F)CC3)c(F)c2)c(F)c1F. The molecule has 0 N–H and O–H groups in total. The third-order valence-corrected chi connectivity index (χ3v) is 6.17. The smallest absolute Gasteiger partial charge is 0.314 e. The Bertz CT molecular complexity index is 1350. The van der Waals surface area contributed by atoms with Crippen molar-refractivity contribution in [1.82, 2.24) is 0 Å². The molecule has 1 atom stereocenters. The van der Waals surface area contributed by atoms with Gasteiger partial charge in [-0.2, -0.15) is 4.39 Å². The zero-order valence-electron chi connectivity index (χ0n) is 19.6. The van der Waals surface area contributed by atoms with Gasteiger partial charge in [-0.25, -0.2) is 17.6 Å². The molecule has 1 aliphatic carbocycles. The van der Waals surface area contributed by atoms with E-state index in [0.717, 1.165) is 6.07 Å². The van der Waals surface area contributed by atoms with Crippen LogP contribution >= 0.6 is 0 Å². The molecule has 0 heterocycles. The van der Waals surface area contributed by atoms with Gasteiger partial charge < -0.3 is 9.47 Å². The highest BCUT2D eigenvalue weighted by atomic mass is 19.2. The molecule has 0 saturated carbocycles. The maximum atomic E-state index is 14.7. The van der Waals surface area contributed by atoms with Crippen LogP contribution in [0.1, 0.15) is 37.3 Å². The molecule has 1 unspecified atom stereocenters. The fourth-order valence-electron chi connectivity index (χ4n) is 4.15. The monoisotopic (exact) mass is 502 g/mol. The minimum absolute atomic E-state index is 0.0596. The second-order valence-electron chi connectivity index (χ2n) is 8.50. The molecular formula is C28H23F5O3. The minimum atomic E-state index is -1.18. The summed E-state index contributed by atoms with van der Waals surface area (Å²) in [6.07, 6.45) is 2.52. The van der Waals surface area contributed by atoms with Crippen molar-refractivity contribution in [1.29, 1.82) is 0 Å². The Hall–Kier alpha value is -3.68. The van der Waals surface area contributed by atoms with E-state index in [4.69, 9.17) is 9.47 Å². The molecule has 3 aromatic carbocycles. The zero-order valence-corrected chi connectivity index (χ0v) is 19.6. The van der Waals surface area contributed by atoms with E-state index in [-0.39, 0.29) is 46.8 Å². The normalized spacial score (nSPS) is 15.4. The number of aryl methyl sites for hydroxylation is 1. The Balaban J connectivity index is 1.46. The predicted molar refractivity (Wildman–Crippen MR) is 125 cm³/mol. The van der Waals surface area contributed by atoms with Gasteiger partial charge in [-0.1, -0.05) is 24.3 Å². The summed E-state index contributed by atoms with van der Waals surface area (Å²) in [5.41, 5.74) is 0.847. The lowest BCUT2D eigenvalue weighted by molar-refractivity contribution is -0.139. The van der Waals surface area contributed by atoms with Crippen LogP contribution in [-0.4, -0.2) is 12.6 Å². The molecule has 36 heavy (non-hydrogen) atoms. The lowest BCUT2D eigenvalue weighted by Crippen LogP contribution is -2.22. The van der Waals surface area contributed by atoms with Gasteiger partial charge in [-0.05, 0) is 74.1 Å². The van der Waals surface area contributed by atoms with E-state index in [1.807, 2.05) is 0 Å². The topological polar surface area (TPSA) is 35.5 Å². The van der Waals surface area contributed by atoms with Crippen LogP contribution < -0.4 is 9.47 Å². The maximum absolute atomic E-state index is 14.7. The Labute approximate surface area is 205 Å². The number of carbonyl (C=O) groups excluding carboxylic acids is 1. The molecule has 0 spiro atoms. The van der Waals surface area contributed by atoms with Crippen LogP contribution in [0.4, 0.5) is 22.0 Å². The molecule has 0 aromatic heterocycles. The highest BCUT2D eigenvalue weighted by Gasteiger charge is 2.26. The van der Waals surface area contributed by atoms with Gasteiger partial charge in [0.1, 0.15) is 0 Å². The van der Waals surface area contributed by atoms with Crippen molar-refractivity contribution < 1.29 is 36.2 Å². The van der Waals surface area contributed by atoms with Crippen LogP contribution in [0.15, 0.2) is 48.5 Å². The molecule has 0 bridgehead atoms. The van der Waals surface area contributed by atoms with Crippen molar-refractivity contribution in [2.75, 3.05) is 6.61 Å². The molecular weight excluding hydrogens is 479 g/mol. The van der Waals surface area contributed by atoms with E-state index in [1.165, 1.54) is 43.3 Å². The van der Waals surface area contributed by atoms with Gasteiger partial charge in [0.25, 0.3) is 0 Å². The molecule has 0 radical (unpaired) electrons. The molecule has 0 fully saturated rings. The number of carbonyl (C=O) groups is 1. The summed E-state index contributed by atoms with van der Waals surface area (Å²) in [4.78, 5) is 12.6. The second-order valence-corrected chi connectivity index (χ2v) is 8.50.